The zero-order valence-electron chi connectivity index (χ0n) is 7.28. The van der Waals surface area contributed by atoms with Gasteiger partial charge in [0, 0.05) is 5.38 Å². The molecule has 1 N–H and O–H groups in total. The molecule has 1 aromatic rings. The molecule has 1 rings (SSSR count). The Morgan fingerprint density at radius 1 is 1.92 bits per heavy atom. The summed E-state index contributed by atoms with van der Waals surface area (Å²) < 4.78 is 0. The number of nitrogens with zero attached hydrogens (tertiary/aromatic N) is 1. The van der Waals surface area contributed by atoms with Crippen LogP contribution in [0.25, 0.3) is 0 Å². The van der Waals surface area contributed by atoms with Crippen molar-refractivity contribution in [3.8, 4) is 12.3 Å². The van der Waals surface area contributed by atoms with Crippen molar-refractivity contribution in [3.63, 3.8) is 0 Å². The van der Waals surface area contributed by atoms with Gasteiger partial charge >= 0.3 is 0 Å². The monoisotopic (exact) mass is 194 g/mol. The molecule has 0 aliphatic heterocycles. The molecule has 1 unspecified atom stereocenters. The van der Waals surface area contributed by atoms with E-state index in [1.54, 1.807) is 10.9 Å². The van der Waals surface area contributed by atoms with Crippen LogP contribution in [0.4, 0.5) is 0 Å². The lowest BCUT2D eigenvalue weighted by molar-refractivity contribution is 0.0940. The number of hydrogen-bond donors (Lipinski definition) is 1. The van der Waals surface area contributed by atoms with Crippen molar-refractivity contribution in [1.82, 2.24) is 10.3 Å². The lowest BCUT2D eigenvalue weighted by Gasteiger charge is -2.08. The third-order valence-corrected chi connectivity index (χ3v) is 2.17. The molecular formula is C9H10N2OS. The Kier molecular flexibility index (Phi) is 3.47. The van der Waals surface area contributed by atoms with E-state index in [9.17, 15) is 4.79 Å². The van der Waals surface area contributed by atoms with E-state index in [0.29, 0.717) is 5.69 Å². The van der Waals surface area contributed by atoms with Crippen molar-refractivity contribution in [2.24, 2.45) is 0 Å². The van der Waals surface area contributed by atoms with Crippen LogP contribution in [0.5, 0.6) is 0 Å². The van der Waals surface area contributed by atoms with Crippen LogP contribution in [0.3, 0.4) is 0 Å². The number of carbonyl (C=O) groups is 1. The molecule has 0 aromatic carbocycles. The molecule has 0 aliphatic rings. The summed E-state index contributed by atoms with van der Waals surface area (Å²) in [6.07, 6.45) is 5.93. The average Bonchev–Trinajstić information content (AvgIpc) is 2.66. The topological polar surface area (TPSA) is 42.0 Å². The minimum atomic E-state index is -0.203. The fraction of sp³-hybridized carbons (Fsp3) is 0.333. The minimum absolute atomic E-state index is 0.200. The first-order valence-electron chi connectivity index (χ1n) is 3.93. The lowest BCUT2D eigenvalue weighted by Crippen LogP contribution is -2.33. The summed E-state index contributed by atoms with van der Waals surface area (Å²) in [5.41, 5.74) is 2.05. The van der Waals surface area contributed by atoms with Crippen LogP contribution in [-0.4, -0.2) is 16.9 Å². The van der Waals surface area contributed by atoms with Gasteiger partial charge in [0.25, 0.3) is 5.91 Å². The van der Waals surface area contributed by atoms with E-state index in [1.807, 2.05) is 6.92 Å². The van der Waals surface area contributed by atoms with Crippen LogP contribution in [0, 0.1) is 12.3 Å². The number of amides is 1. The van der Waals surface area contributed by atoms with Gasteiger partial charge in [-0.05, 0) is 6.42 Å². The zero-order chi connectivity index (χ0) is 9.68. The molecule has 0 saturated heterocycles. The van der Waals surface area contributed by atoms with E-state index < -0.39 is 0 Å². The van der Waals surface area contributed by atoms with Gasteiger partial charge in [-0.2, -0.15) is 0 Å². The molecule has 1 amide bonds. The number of thiazole rings is 1. The van der Waals surface area contributed by atoms with Crippen molar-refractivity contribution in [1.29, 1.82) is 0 Å². The predicted octanol–water partition coefficient (Wildman–Crippen LogP) is 1.28. The molecule has 0 spiro atoms. The Hall–Kier alpha value is -1.34. The Balaban J connectivity index is 2.57. The Morgan fingerprint density at radius 3 is 3.15 bits per heavy atom. The molecule has 1 atom stereocenters. The molecule has 1 aromatic heterocycles. The van der Waals surface area contributed by atoms with Gasteiger partial charge in [-0.1, -0.05) is 12.8 Å². The number of nitrogens with one attached hydrogen (secondary N) is 1. The van der Waals surface area contributed by atoms with Gasteiger partial charge in [0.15, 0.2) is 0 Å². The smallest absolute Gasteiger partial charge is 0.271 e. The maximum atomic E-state index is 11.4. The minimum Gasteiger partial charge on any atom is -0.337 e. The van der Waals surface area contributed by atoms with Crippen LogP contribution in [0.2, 0.25) is 0 Å². The normalized spacial score (nSPS) is 11.7. The van der Waals surface area contributed by atoms with Crippen LogP contribution in [0.15, 0.2) is 10.9 Å². The van der Waals surface area contributed by atoms with Crippen molar-refractivity contribution >= 4 is 17.2 Å². The Morgan fingerprint density at radius 2 is 2.69 bits per heavy atom. The molecule has 0 fully saturated rings. The highest BCUT2D eigenvalue weighted by molar-refractivity contribution is 7.07. The molecule has 0 aliphatic carbocycles. The zero-order valence-corrected chi connectivity index (χ0v) is 8.10. The summed E-state index contributed by atoms with van der Waals surface area (Å²) in [5, 5.41) is 4.38. The number of terminal acetylenes is 1. The Labute approximate surface area is 81.2 Å². The summed E-state index contributed by atoms with van der Waals surface area (Å²) >= 11 is 1.39. The number of aromatic nitrogens is 1. The second kappa shape index (κ2) is 4.63. The second-order valence-corrected chi connectivity index (χ2v) is 3.19. The molecule has 13 heavy (non-hydrogen) atoms. The first-order valence-corrected chi connectivity index (χ1v) is 4.87. The molecule has 0 bridgehead atoms. The number of rotatable bonds is 3. The maximum Gasteiger partial charge on any atom is 0.271 e. The molecule has 3 nitrogen and oxygen atoms in total. The average molecular weight is 194 g/mol. The van der Waals surface area contributed by atoms with Crippen LogP contribution >= 0.6 is 11.3 Å². The van der Waals surface area contributed by atoms with Gasteiger partial charge in [0.2, 0.25) is 0 Å². The molecule has 68 valence electrons. The second-order valence-electron chi connectivity index (χ2n) is 2.47. The van der Waals surface area contributed by atoms with Gasteiger partial charge in [-0.15, -0.1) is 17.8 Å². The summed E-state index contributed by atoms with van der Waals surface area (Å²) in [7, 11) is 0. The maximum absolute atomic E-state index is 11.4. The van der Waals surface area contributed by atoms with Crippen LogP contribution in [-0.2, 0) is 0 Å². The molecule has 0 saturated carbocycles. The molecule has 0 radical (unpaired) electrons. The van der Waals surface area contributed by atoms with Crippen LogP contribution < -0.4 is 5.32 Å². The highest BCUT2D eigenvalue weighted by Crippen LogP contribution is 2.01. The van der Waals surface area contributed by atoms with E-state index in [4.69, 9.17) is 6.42 Å². The summed E-state index contributed by atoms with van der Waals surface area (Å²) in [5.74, 6) is 2.29. The fourth-order valence-corrected chi connectivity index (χ4v) is 1.35. The van der Waals surface area contributed by atoms with Gasteiger partial charge in [-0.3, -0.25) is 4.79 Å². The van der Waals surface area contributed by atoms with E-state index in [-0.39, 0.29) is 11.9 Å². The van der Waals surface area contributed by atoms with Crippen molar-refractivity contribution in [2.45, 2.75) is 19.4 Å². The SMILES string of the molecule is C#CC(CC)NC(=O)c1cscn1. The van der Waals surface area contributed by atoms with Crippen molar-refractivity contribution in [3.05, 3.63) is 16.6 Å². The van der Waals surface area contributed by atoms with Crippen LogP contribution in [0.1, 0.15) is 23.8 Å². The number of hydrogen-bond acceptors (Lipinski definition) is 3. The van der Waals surface area contributed by atoms with Gasteiger partial charge < -0.3 is 5.32 Å². The highest BCUT2D eigenvalue weighted by Gasteiger charge is 2.10. The van der Waals surface area contributed by atoms with E-state index in [1.165, 1.54) is 11.3 Å². The van der Waals surface area contributed by atoms with Gasteiger partial charge in [-0.25, -0.2) is 4.98 Å². The lowest BCUT2D eigenvalue weighted by atomic mass is 10.2. The molecular weight excluding hydrogens is 184 g/mol. The summed E-state index contributed by atoms with van der Waals surface area (Å²) in [6.45, 7) is 1.92. The van der Waals surface area contributed by atoms with Crippen molar-refractivity contribution in [2.75, 3.05) is 0 Å². The number of carbonyl (C=O) groups excluding carboxylic acids is 1. The highest BCUT2D eigenvalue weighted by atomic mass is 32.1. The fourth-order valence-electron chi connectivity index (χ4n) is 0.818. The molecule has 4 heteroatoms. The van der Waals surface area contributed by atoms with E-state index >= 15 is 0 Å². The third kappa shape index (κ3) is 2.56. The Bertz CT molecular complexity index is 313. The summed E-state index contributed by atoms with van der Waals surface area (Å²) in [6, 6.07) is -0.200. The van der Waals surface area contributed by atoms with E-state index in [0.717, 1.165) is 6.42 Å². The first kappa shape index (κ1) is 9.75. The van der Waals surface area contributed by atoms with E-state index in [2.05, 4.69) is 16.2 Å². The predicted molar refractivity (Wildman–Crippen MR) is 52.5 cm³/mol. The largest absolute Gasteiger partial charge is 0.337 e. The van der Waals surface area contributed by atoms with Gasteiger partial charge in [0.05, 0.1) is 11.6 Å². The standard InChI is InChI=1S/C9H10N2OS/c1-3-7(4-2)11-9(12)8-5-13-6-10-8/h1,5-7H,4H2,2H3,(H,11,12). The quantitative estimate of drug-likeness (QED) is 0.737. The third-order valence-electron chi connectivity index (χ3n) is 1.58. The van der Waals surface area contributed by atoms with Gasteiger partial charge in [0.1, 0.15) is 5.69 Å². The summed E-state index contributed by atoms with van der Waals surface area (Å²) in [4.78, 5) is 15.2. The first-order chi connectivity index (χ1) is 6.27. The van der Waals surface area contributed by atoms with Crippen molar-refractivity contribution < 1.29 is 4.79 Å². The molecule has 1 heterocycles.